The molecule has 1 aromatic heterocycles. The minimum atomic E-state index is 0.708. The van der Waals surface area contributed by atoms with Gasteiger partial charge in [-0.05, 0) is 18.6 Å². The van der Waals surface area contributed by atoms with E-state index in [1.54, 1.807) is 0 Å². The Morgan fingerprint density at radius 3 is 2.41 bits per heavy atom. The molecule has 0 saturated carbocycles. The highest BCUT2D eigenvalue weighted by Crippen LogP contribution is 2.18. The molecule has 0 fully saturated rings. The summed E-state index contributed by atoms with van der Waals surface area (Å²) >= 11 is 1.53. The lowest BCUT2D eigenvalue weighted by Gasteiger charge is -2.05. The largest absolute Gasteiger partial charge is 0.315 e. The van der Waals surface area contributed by atoms with Crippen molar-refractivity contribution in [2.45, 2.75) is 64.8 Å². The van der Waals surface area contributed by atoms with E-state index in [0.29, 0.717) is 4.80 Å². The van der Waals surface area contributed by atoms with E-state index in [-0.39, 0.29) is 0 Å². The molecule has 0 aliphatic rings. The Labute approximate surface area is 135 Å². The second-order valence-corrected chi connectivity index (χ2v) is 6.67. The zero-order valence-corrected chi connectivity index (χ0v) is 14.1. The molecule has 1 aromatic carbocycles. The zero-order valence-electron chi connectivity index (χ0n) is 13.3. The van der Waals surface area contributed by atoms with E-state index in [1.807, 2.05) is 12.1 Å². The van der Waals surface area contributed by atoms with Crippen LogP contribution in [0.1, 0.15) is 58.3 Å². The van der Waals surface area contributed by atoms with Crippen molar-refractivity contribution in [2.75, 3.05) is 0 Å². The summed E-state index contributed by atoms with van der Waals surface area (Å²) in [7, 11) is 0. The summed E-state index contributed by atoms with van der Waals surface area (Å²) < 4.78 is 3.28. The summed E-state index contributed by atoms with van der Waals surface area (Å²) in [6, 6.07) is 8.18. The summed E-state index contributed by atoms with van der Waals surface area (Å²) in [6.45, 7) is 3.16. The molecule has 0 saturated heterocycles. The maximum Gasteiger partial charge on any atom is 0.215 e. The third kappa shape index (κ3) is 4.77. The number of unbranched alkanes of at least 4 members (excludes halogenated alkanes) is 7. The fourth-order valence-corrected chi connectivity index (χ4v) is 3.75. The van der Waals surface area contributed by atoms with E-state index >= 15 is 0 Å². The number of benzene rings is 1. The Bertz CT molecular complexity index is 645. The topological polar surface area (TPSA) is 46.7 Å². The van der Waals surface area contributed by atoms with Crippen molar-refractivity contribution in [3.63, 3.8) is 0 Å². The second kappa shape index (κ2) is 9.51. The smallest absolute Gasteiger partial charge is 0.215 e. The van der Waals surface area contributed by atoms with Crippen LogP contribution in [0.3, 0.4) is 0 Å². The van der Waals surface area contributed by atoms with Gasteiger partial charge in [-0.1, -0.05) is 80.4 Å². The Balaban J connectivity index is 1.87. The number of nitroso groups, excluding NO2 is 1. The van der Waals surface area contributed by atoms with Gasteiger partial charge in [0.25, 0.3) is 0 Å². The summed E-state index contributed by atoms with van der Waals surface area (Å²) in [5, 5.41) is 6.46. The first-order valence-electron chi connectivity index (χ1n) is 8.31. The first-order chi connectivity index (χ1) is 10.9. The van der Waals surface area contributed by atoms with Gasteiger partial charge in [0.05, 0.1) is 15.5 Å². The molecule has 5 heteroatoms. The highest BCUT2D eigenvalue weighted by molar-refractivity contribution is 7.16. The van der Waals surface area contributed by atoms with Gasteiger partial charge in [-0.2, -0.15) is 0 Å². The van der Waals surface area contributed by atoms with Gasteiger partial charge in [0, 0.05) is 6.54 Å². The van der Waals surface area contributed by atoms with Crippen LogP contribution in [0, 0.1) is 4.91 Å². The molecule has 22 heavy (non-hydrogen) atoms. The molecular weight excluding hydrogens is 294 g/mol. The molecule has 2 rings (SSSR count). The molecule has 0 amide bonds. The maximum absolute atomic E-state index is 10.5. The minimum Gasteiger partial charge on any atom is -0.315 e. The number of rotatable bonds is 10. The fraction of sp³-hybridized carbons (Fsp3) is 0.588. The molecule has 0 aliphatic carbocycles. The van der Waals surface area contributed by atoms with Gasteiger partial charge in [-0.15, -0.1) is 4.91 Å². The van der Waals surface area contributed by atoms with Crippen LogP contribution in [0.25, 0.3) is 10.2 Å². The zero-order chi connectivity index (χ0) is 15.6. The molecule has 0 unspecified atom stereocenters. The van der Waals surface area contributed by atoms with Crippen molar-refractivity contribution in [1.29, 1.82) is 0 Å². The van der Waals surface area contributed by atoms with E-state index in [2.05, 4.69) is 34.0 Å². The van der Waals surface area contributed by atoms with Crippen molar-refractivity contribution in [3.05, 3.63) is 34.0 Å². The molecule has 0 bridgehead atoms. The van der Waals surface area contributed by atoms with E-state index < -0.39 is 0 Å². The molecule has 120 valence electrons. The van der Waals surface area contributed by atoms with Crippen LogP contribution in [-0.4, -0.2) is 4.57 Å². The van der Waals surface area contributed by atoms with E-state index in [9.17, 15) is 4.91 Å². The van der Waals surface area contributed by atoms with Gasteiger partial charge in [0.1, 0.15) is 0 Å². The summed E-state index contributed by atoms with van der Waals surface area (Å²) in [4.78, 5) is 11.2. The third-order valence-electron chi connectivity index (χ3n) is 3.95. The van der Waals surface area contributed by atoms with Crippen LogP contribution < -0.4 is 4.80 Å². The molecule has 0 aliphatic heterocycles. The van der Waals surface area contributed by atoms with Crippen LogP contribution in [0.5, 0.6) is 0 Å². The fourth-order valence-electron chi connectivity index (χ4n) is 2.75. The number of hydrogen-bond acceptors (Lipinski definition) is 3. The van der Waals surface area contributed by atoms with Gasteiger partial charge in [0.15, 0.2) is 0 Å². The number of hydrogen-bond donors (Lipinski definition) is 0. The van der Waals surface area contributed by atoms with Crippen LogP contribution >= 0.6 is 11.3 Å². The van der Waals surface area contributed by atoms with Gasteiger partial charge in [-0.25, -0.2) is 0 Å². The monoisotopic (exact) mass is 319 g/mol. The van der Waals surface area contributed by atoms with Gasteiger partial charge in [0.2, 0.25) is 4.80 Å². The van der Waals surface area contributed by atoms with E-state index in [4.69, 9.17) is 0 Å². The highest BCUT2D eigenvalue weighted by Gasteiger charge is 2.05. The van der Waals surface area contributed by atoms with Crippen molar-refractivity contribution in [1.82, 2.24) is 4.57 Å². The lowest BCUT2D eigenvalue weighted by Crippen LogP contribution is -2.14. The normalized spacial score (nSPS) is 12.1. The third-order valence-corrected chi connectivity index (χ3v) is 5.00. The number of fused-ring (bicyclic) bond motifs is 1. The minimum absolute atomic E-state index is 0.708. The average molecular weight is 319 g/mol. The summed E-state index contributed by atoms with van der Waals surface area (Å²) in [5.74, 6) is 0. The average Bonchev–Trinajstić information content (AvgIpc) is 2.88. The van der Waals surface area contributed by atoms with Gasteiger partial charge < -0.3 is 4.57 Å². The van der Waals surface area contributed by atoms with Crippen LogP contribution in [-0.2, 0) is 6.54 Å². The Hall–Kier alpha value is -1.49. The van der Waals surface area contributed by atoms with Crippen LogP contribution in [0.4, 0.5) is 0 Å². The van der Waals surface area contributed by atoms with Crippen molar-refractivity contribution in [3.8, 4) is 0 Å². The summed E-state index contributed by atoms with van der Waals surface area (Å²) in [5.41, 5.74) is 1.15. The number of thiazole rings is 1. The Morgan fingerprint density at radius 2 is 1.68 bits per heavy atom. The summed E-state index contributed by atoms with van der Waals surface area (Å²) in [6.07, 6.45) is 10.4. The molecule has 2 aromatic rings. The number of nitrogens with zero attached hydrogens (tertiary/aromatic N) is 3. The molecule has 0 N–H and O–H groups in total. The van der Waals surface area contributed by atoms with Crippen LogP contribution in [0.15, 0.2) is 34.7 Å². The lowest BCUT2D eigenvalue weighted by molar-refractivity contribution is 0.544. The van der Waals surface area contributed by atoms with E-state index in [1.165, 1.54) is 56.3 Å². The van der Waals surface area contributed by atoms with Crippen LogP contribution in [0.2, 0.25) is 0 Å². The van der Waals surface area contributed by atoms with Gasteiger partial charge in [-0.3, -0.25) is 0 Å². The van der Waals surface area contributed by atoms with Crippen molar-refractivity contribution in [2.24, 2.45) is 10.4 Å². The first kappa shape index (κ1) is 16.9. The standard InChI is InChI=1S/C17H25N3OS/c1-2-3-4-5-6-7-8-11-14-20-15-12-9-10-13-16(15)22-17(20)18-19-21/h9-10,12-13H,2-8,11,14H2,1H3/b18-17-. The Kier molecular flexibility index (Phi) is 7.30. The quantitative estimate of drug-likeness (QED) is 0.327. The number of aromatic nitrogens is 1. The van der Waals surface area contributed by atoms with Crippen molar-refractivity contribution < 1.29 is 0 Å². The lowest BCUT2D eigenvalue weighted by atomic mass is 10.1. The molecule has 0 spiro atoms. The molecule has 0 atom stereocenters. The molecule has 0 radical (unpaired) electrons. The van der Waals surface area contributed by atoms with Gasteiger partial charge >= 0.3 is 0 Å². The Morgan fingerprint density at radius 1 is 1.00 bits per heavy atom. The van der Waals surface area contributed by atoms with E-state index in [0.717, 1.165) is 23.2 Å². The SMILES string of the molecule is CCCCCCCCCCn1/c(=N/N=O)sc2ccccc21. The highest BCUT2D eigenvalue weighted by atomic mass is 32.1. The molecule has 1 heterocycles. The molecular formula is C17H25N3OS. The predicted octanol–water partition coefficient (Wildman–Crippen LogP) is 5.43. The predicted molar refractivity (Wildman–Crippen MR) is 93.8 cm³/mol. The van der Waals surface area contributed by atoms with Crippen molar-refractivity contribution >= 4 is 21.6 Å². The number of para-hydroxylation sites is 1. The first-order valence-corrected chi connectivity index (χ1v) is 9.13. The maximum atomic E-state index is 10.5. The second-order valence-electron chi connectivity index (χ2n) is 5.66. The molecule has 4 nitrogen and oxygen atoms in total. The number of aryl methyl sites for hydroxylation is 1.